The number of hydrogen-bond acceptors (Lipinski definition) is 2. The van der Waals surface area contributed by atoms with Gasteiger partial charge in [0.05, 0.1) is 5.69 Å². The molecule has 2 rings (SSSR count). The van der Waals surface area contributed by atoms with Gasteiger partial charge >= 0.3 is 0 Å². The van der Waals surface area contributed by atoms with E-state index in [1.54, 1.807) is 0 Å². The number of nitrogens with one attached hydrogen (secondary N) is 2. The first-order valence-corrected chi connectivity index (χ1v) is 5.48. The second-order valence-corrected chi connectivity index (χ2v) is 4.31. The molecule has 1 atom stereocenters. The fourth-order valence-corrected chi connectivity index (χ4v) is 2.23. The molecule has 1 saturated heterocycles. The highest BCUT2D eigenvalue weighted by Gasteiger charge is 2.15. The summed E-state index contributed by atoms with van der Waals surface area (Å²) >= 11 is 0. The van der Waals surface area contributed by atoms with Crippen LogP contribution in [0.25, 0.3) is 0 Å². The van der Waals surface area contributed by atoms with E-state index in [1.807, 2.05) is 6.92 Å². The van der Waals surface area contributed by atoms with Gasteiger partial charge < -0.3 is 10.3 Å². The number of rotatable bonds is 2. The molecule has 1 unspecified atom stereocenters. The predicted octanol–water partition coefficient (Wildman–Crippen LogP) is 1.57. The van der Waals surface area contributed by atoms with E-state index in [-0.39, 0.29) is 0 Å². The van der Waals surface area contributed by atoms with Crippen LogP contribution in [0.3, 0.4) is 0 Å². The summed E-state index contributed by atoms with van der Waals surface area (Å²) in [6.45, 7) is 6.49. The van der Waals surface area contributed by atoms with Crippen molar-refractivity contribution in [1.29, 1.82) is 0 Å². The number of imidazole rings is 1. The molecule has 0 spiro atoms. The molecule has 0 aromatic carbocycles. The van der Waals surface area contributed by atoms with Crippen LogP contribution in [0.4, 0.5) is 0 Å². The van der Waals surface area contributed by atoms with Gasteiger partial charge in [-0.2, -0.15) is 0 Å². The Morgan fingerprint density at radius 3 is 2.86 bits per heavy atom. The Morgan fingerprint density at radius 1 is 1.43 bits per heavy atom. The standard InChI is InChI=1S/C11H19N3/c1-8-11(14-9(2)13-8)6-10-4-3-5-12-7-10/h10,12H,3-7H2,1-2H3,(H,13,14). The van der Waals surface area contributed by atoms with Crippen molar-refractivity contribution in [1.82, 2.24) is 15.3 Å². The second kappa shape index (κ2) is 4.13. The Balaban J connectivity index is 1.98. The van der Waals surface area contributed by atoms with Crippen molar-refractivity contribution in [2.75, 3.05) is 13.1 Å². The number of H-pyrrole nitrogens is 1. The monoisotopic (exact) mass is 193 g/mol. The number of piperidine rings is 1. The number of aryl methyl sites for hydroxylation is 2. The van der Waals surface area contributed by atoms with Crippen LogP contribution in [-0.2, 0) is 6.42 Å². The van der Waals surface area contributed by atoms with Gasteiger partial charge in [-0.15, -0.1) is 0 Å². The Kier molecular flexibility index (Phi) is 2.87. The summed E-state index contributed by atoms with van der Waals surface area (Å²) in [7, 11) is 0. The minimum absolute atomic E-state index is 0.783. The molecule has 0 radical (unpaired) electrons. The Bertz CT molecular complexity index is 297. The molecule has 78 valence electrons. The number of aromatic nitrogens is 2. The highest BCUT2D eigenvalue weighted by Crippen LogP contribution is 2.17. The number of nitrogens with zero attached hydrogens (tertiary/aromatic N) is 1. The van der Waals surface area contributed by atoms with E-state index < -0.39 is 0 Å². The fourth-order valence-electron chi connectivity index (χ4n) is 2.23. The highest BCUT2D eigenvalue weighted by atomic mass is 14.9. The molecule has 1 aliphatic rings. The minimum atomic E-state index is 0.783. The van der Waals surface area contributed by atoms with Gasteiger partial charge in [0.25, 0.3) is 0 Å². The van der Waals surface area contributed by atoms with E-state index in [1.165, 1.54) is 30.8 Å². The van der Waals surface area contributed by atoms with Crippen molar-refractivity contribution >= 4 is 0 Å². The molecule has 2 N–H and O–H groups in total. The van der Waals surface area contributed by atoms with Crippen LogP contribution < -0.4 is 5.32 Å². The summed E-state index contributed by atoms with van der Waals surface area (Å²) in [5.74, 6) is 1.83. The summed E-state index contributed by atoms with van der Waals surface area (Å²) in [6.07, 6.45) is 3.79. The maximum Gasteiger partial charge on any atom is 0.103 e. The van der Waals surface area contributed by atoms with Crippen LogP contribution in [0.1, 0.15) is 30.1 Å². The zero-order valence-corrected chi connectivity index (χ0v) is 9.06. The zero-order valence-electron chi connectivity index (χ0n) is 9.06. The topological polar surface area (TPSA) is 40.7 Å². The van der Waals surface area contributed by atoms with Gasteiger partial charge in [0.2, 0.25) is 0 Å². The van der Waals surface area contributed by atoms with Crippen molar-refractivity contribution < 1.29 is 0 Å². The zero-order chi connectivity index (χ0) is 9.97. The van der Waals surface area contributed by atoms with E-state index in [4.69, 9.17) is 0 Å². The molecule has 3 nitrogen and oxygen atoms in total. The normalized spacial score (nSPS) is 22.6. The third-order valence-corrected chi connectivity index (χ3v) is 2.98. The van der Waals surface area contributed by atoms with E-state index in [0.717, 1.165) is 24.7 Å². The van der Waals surface area contributed by atoms with Crippen molar-refractivity contribution in [3.05, 3.63) is 17.2 Å². The Labute approximate surface area is 85.3 Å². The molecule has 0 aliphatic carbocycles. The number of aromatic amines is 1. The predicted molar refractivity (Wildman–Crippen MR) is 57.4 cm³/mol. The lowest BCUT2D eigenvalue weighted by Gasteiger charge is -2.21. The molecule has 1 aromatic rings. The molecule has 3 heteroatoms. The van der Waals surface area contributed by atoms with Crippen LogP contribution in [0.2, 0.25) is 0 Å². The van der Waals surface area contributed by atoms with Gasteiger partial charge in [-0.1, -0.05) is 0 Å². The quantitative estimate of drug-likeness (QED) is 0.748. The maximum absolute atomic E-state index is 4.52. The smallest absolute Gasteiger partial charge is 0.103 e. The molecular formula is C11H19N3. The van der Waals surface area contributed by atoms with Gasteiger partial charge in [0.1, 0.15) is 5.82 Å². The average molecular weight is 193 g/mol. The van der Waals surface area contributed by atoms with Crippen molar-refractivity contribution in [3.63, 3.8) is 0 Å². The maximum atomic E-state index is 4.52. The third kappa shape index (κ3) is 2.15. The Hall–Kier alpha value is -0.830. The van der Waals surface area contributed by atoms with Gasteiger partial charge in [0, 0.05) is 5.69 Å². The molecule has 0 amide bonds. The molecule has 0 saturated carbocycles. The van der Waals surface area contributed by atoms with Crippen LogP contribution in [0.15, 0.2) is 0 Å². The van der Waals surface area contributed by atoms with Gasteiger partial charge in [-0.25, -0.2) is 4.98 Å². The van der Waals surface area contributed by atoms with Gasteiger partial charge in [0.15, 0.2) is 0 Å². The summed E-state index contributed by atoms with van der Waals surface area (Å²) < 4.78 is 0. The van der Waals surface area contributed by atoms with E-state index >= 15 is 0 Å². The first-order valence-electron chi connectivity index (χ1n) is 5.48. The lowest BCUT2D eigenvalue weighted by atomic mass is 9.94. The molecule has 1 aromatic heterocycles. The number of hydrogen-bond donors (Lipinski definition) is 2. The van der Waals surface area contributed by atoms with Crippen LogP contribution in [-0.4, -0.2) is 23.1 Å². The third-order valence-electron chi connectivity index (χ3n) is 2.98. The van der Waals surface area contributed by atoms with Crippen molar-refractivity contribution in [3.8, 4) is 0 Å². The lowest BCUT2D eigenvalue weighted by molar-refractivity contribution is 0.373. The first-order chi connectivity index (χ1) is 6.75. The van der Waals surface area contributed by atoms with Gasteiger partial charge in [-0.3, -0.25) is 0 Å². The average Bonchev–Trinajstić information content (AvgIpc) is 2.47. The molecule has 1 aliphatic heterocycles. The molecule has 2 heterocycles. The van der Waals surface area contributed by atoms with Crippen LogP contribution in [0.5, 0.6) is 0 Å². The minimum Gasteiger partial charge on any atom is -0.346 e. The Morgan fingerprint density at radius 2 is 2.29 bits per heavy atom. The van der Waals surface area contributed by atoms with E-state index in [0.29, 0.717) is 0 Å². The molecule has 14 heavy (non-hydrogen) atoms. The highest BCUT2D eigenvalue weighted by molar-refractivity contribution is 5.13. The summed E-state index contributed by atoms with van der Waals surface area (Å²) in [6, 6.07) is 0. The van der Waals surface area contributed by atoms with Crippen molar-refractivity contribution in [2.24, 2.45) is 5.92 Å². The molecule has 1 fully saturated rings. The SMILES string of the molecule is Cc1nc(CC2CCCNC2)c(C)[nH]1. The lowest BCUT2D eigenvalue weighted by Crippen LogP contribution is -2.31. The fraction of sp³-hybridized carbons (Fsp3) is 0.727. The van der Waals surface area contributed by atoms with Crippen LogP contribution >= 0.6 is 0 Å². The summed E-state index contributed by atoms with van der Waals surface area (Å²) in [4.78, 5) is 7.79. The van der Waals surface area contributed by atoms with Gasteiger partial charge in [-0.05, 0) is 52.1 Å². The summed E-state index contributed by atoms with van der Waals surface area (Å²) in [5, 5.41) is 3.44. The second-order valence-electron chi connectivity index (χ2n) is 4.31. The van der Waals surface area contributed by atoms with E-state index in [9.17, 15) is 0 Å². The summed E-state index contributed by atoms with van der Waals surface area (Å²) in [5.41, 5.74) is 2.50. The largest absolute Gasteiger partial charge is 0.346 e. The van der Waals surface area contributed by atoms with Crippen molar-refractivity contribution in [2.45, 2.75) is 33.1 Å². The molecule has 0 bridgehead atoms. The first kappa shape index (κ1) is 9.71. The molecular weight excluding hydrogens is 174 g/mol. The van der Waals surface area contributed by atoms with E-state index in [2.05, 4.69) is 22.2 Å². The van der Waals surface area contributed by atoms with Crippen LogP contribution in [0, 0.1) is 19.8 Å².